The molecule has 0 radical (unpaired) electrons. The lowest BCUT2D eigenvalue weighted by Gasteiger charge is -2.32. The molecule has 75 heavy (non-hydrogen) atoms. The summed E-state index contributed by atoms with van der Waals surface area (Å²) in [5, 5.41) is 5.91. The highest BCUT2D eigenvalue weighted by molar-refractivity contribution is 6.36. The van der Waals surface area contributed by atoms with Gasteiger partial charge in [-0.1, -0.05) is 11.6 Å². The average molecular weight is 1040 g/mol. The fourth-order valence-electron chi connectivity index (χ4n) is 9.55. The van der Waals surface area contributed by atoms with E-state index in [0.717, 1.165) is 163 Å². The molecule has 3 N–H and O–H groups in total. The Balaban J connectivity index is 0.000000142. The number of nitrogens with two attached hydrogens (primary N) is 1. The van der Waals surface area contributed by atoms with Gasteiger partial charge >= 0.3 is 0 Å². The Morgan fingerprint density at radius 1 is 0.533 bits per heavy atom. The number of nitrogens with zero attached hydrogens (tertiary/aromatic N) is 10. The maximum Gasteiger partial charge on any atom is 0.152 e. The fourth-order valence-corrected chi connectivity index (χ4v) is 9.80. The van der Waals surface area contributed by atoms with Crippen LogP contribution in [0.15, 0.2) is 110 Å². The molecule has 0 spiro atoms. The molecule has 0 aliphatic carbocycles. The summed E-state index contributed by atoms with van der Waals surface area (Å²) >= 11 is 6.35. The van der Waals surface area contributed by atoms with Gasteiger partial charge in [-0.3, -0.25) is 9.97 Å². The average Bonchev–Trinajstić information content (AvgIpc) is 3.46. The number of fused-ring (bicyclic) bond motifs is 2. The normalized spacial score (nSPS) is 16.0. The Morgan fingerprint density at radius 2 is 0.987 bits per heavy atom. The van der Waals surface area contributed by atoms with Crippen molar-refractivity contribution in [3.63, 3.8) is 0 Å². The van der Waals surface area contributed by atoms with Gasteiger partial charge in [-0.2, -0.15) is 0 Å². The zero-order valence-electron chi connectivity index (χ0n) is 42.0. The van der Waals surface area contributed by atoms with Gasteiger partial charge in [0, 0.05) is 111 Å². The predicted molar refractivity (Wildman–Crippen MR) is 293 cm³/mol. The van der Waals surface area contributed by atoms with Crippen molar-refractivity contribution in [3.8, 4) is 22.5 Å². The topological polar surface area (TPSA) is 165 Å². The third-order valence-electron chi connectivity index (χ3n) is 13.5. The van der Waals surface area contributed by atoms with Gasteiger partial charge in [-0.15, -0.1) is 0 Å². The molecule has 0 bridgehead atoms. The molecule has 12 rings (SSSR count). The van der Waals surface area contributed by atoms with Crippen LogP contribution in [-0.4, -0.2) is 135 Å². The molecule has 2 aromatic carbocycles. The van der Waals surface area contributed by atoms with Gasteiger partial charge in [0.1, 0.15) is 11.6 Å². The van der Waals surface area contributed by atoms with Crippen LogP contribution >= 0.6 is 11.6 Å². The van der Waals surface area contributed by atoms with E-state index in [1.807, 2.05) is 56.6 Å². The number of ether oxygens (including phenoxy) is 4. The predicted octanol–water partition coefficient (Wildman–Crippen LogP) is 9.29. The second-order valence-electron chi connectivity index (χ2n) is 18.4. The second-order valence-corrected chi connectivity index (χ2v) is 18.7. The van der Waals surface area contributed by atoms with Crippen LogP contribution < -0.4 is 30.7 Å². The van der Waals surface area contributed by atoms with E-state index in [-0.39, 0.29) is 11.6 Å². The smallest absolute Gasteiger partial charge is 0.152 e. The van der Waals surface area contributed by atoms with E-state index in [1.54, 1.807) is 36.9 Å². The molecule has 0 saturated carbocycles. The molecule has 6 aromatic heterocycles. The van der Waals surface area contributed by atoms with E-state index >= 15 is 0 Å². The zero-order valence-corrected chi connectivity index (χ0v) is 42.8. The van der Waals surface area contributed by atoms with Gasteiger partial charge in [0.2, 0.25) is 0 Å². The van der Waals surface area contributed by atoms with Crippen LogP contribution in [-0.2, 0) is 18.9 Å². The van der Waals surface area contributed by atoms with Crippen LogP contribution in [0.3, 0.4) is 0 Å². The van der Waals surface area contributed by atoms with E-state index in [1.165, 1.54) is 24.3 Å². The van der Waals surface area contributed by atoms with Crippen LogP contribution in [0.5, 0.6) is 0 Å². The highest BCUT2D eigenvalue weighted by Crippen LogP contribution is 2.39. The number of hydrogen-bond acceptors (Lipinski definition) is 16. The summed E-state index contributed by atoms with van der Waals surface area (Å²) in [5.41, 5.74) is 17.0. The summed E-state index contributed by atoms with van der Waals surface area (Å²) in [6.07, 6.45) is 10.8. The Hall–Kier alpha value is -7.35. The van der Waals surface area contributed by atoms with Crippen molar-refractivity contribution >= 4 is 73.5 Å². The number of hydrogen-bond donors (Lipinski definition) is 2. The zero-order chi connectivity index (χ0) is 51.7. The molecule has 388 valence electrons. The number of benzene rings is 2. The number of nitrogens with one attached hydrogen (secondary N) is 1. The molecular formula is C56H59ClF2N12O4. The van der Waals surface area contributed by atoms with Gasteiger partial charge in [0.05, 0.1) is 121 Å². The van der Waals surface area contributed by atoms with Gasteiger partial charge in [0.15, 0.2) is 11.6 Å². The third kappa shape index (κ3) is 12.0. The molecule has 4 fully saturated rings. The molecule has 16 nitrogen and oxygen atoms in total. The van der Waals surface area contributed by atoms with Crippen LogP contribution in [0, 0.1) is 25.5 Å². The van der Waals surface area contributed by atoms with Crippen LogP contribution in [0.25, 0.3) is 44.3 Å². The van der Waals surface area contributed by atoms with Crippen LogP contribution in [0.4, 0.5) is 48.9 Å². The first kappa shape index (κ1) is 51.1. The Bertz CT molecular complexity index is 3230. The lowest BCUT2D eigenvalue weighted by atomic mass is 10.0. The largest absolute Gasteiger partial charge is 0.396 e. The van der Waals surface area contributed by atoms with Crippen molar-refractivity contribution < 1.29 is 27.7 Å². The monoisotopic (exact) mass is 1040 g/mol. The standard InChI is InChI=1S/C28H29FN6O2.C15H10ClFN2.C13H20N4O2/c1-19-26(20-3-2-6-30-17-20)32-24-15-21(29)4-5-23(24)27(19)33-25-16-22(34-7-11-36-12-8-34)18-31-28(25)35-9-13-37-14-10-35;1-9-14(16)12-5-4-11(17)7-13(12)19-15(9)10-3-2-6-18-8-10;14-12-9-11(16-1-5-18-6-2-16)10-15-13(12)17-3-7-19-8-4-17/h2-6,15-18H,7-14H2,1H3,(H,32,33);2-8H,1H3;9-10H,1-8,14H2. The first-order chi connectivity index (χ1) is 36.7. The molecule has 19 heteroatoms. The summed E-state index contributed by atoms with van der Waals surface area (Å²) in [7, 11) is 0. The third-order valence-corrected chi connectivity index (χ3v) is 14.0. The molecule has 8 aromatic rings. The minimum Gasteiger partial charge on any atom is -0.396 e. The lowest BCUT2D eigenvalue weighted by molar-refractivity contribution is 0.122. The summed E-state index contributed by atoms with van der Waals surface area (Å²) < 4.78 is 49.4. The van der Waals surface area contributed by atoms with Gasteiger partial charge in [-0.25, -0.2) is 28.7 Å². The molecule has 10 heterocycles. The molecule has 4 aliphatic rings. The number of aromatic nitrogens is 6. The van der Waals surface area contributed by atoms with Crippen LogP contribution in [0.1, 0.15) is 11.1 Å². The van der Waals surface area contributed by atoms with E-state index in [9.17, 15) is 8.78 Å². The number of halogens is 3. The first-order valence-electron chi connectivity index (χ1n) is 25.2. The first-order valence-corrected chi connectivity index (χ1v) is 25.6. The molecule has 0 unspecified atom stereocenters. The van der Waals surface area contributed by atoms with Gasteiger partial charge in [-0.05, 0) is 85.6 Å². The number of rotatable bonds is 8. The summed E-state index contributed by atoms with van der Waals surface area (Å²) in [4.78, 5) is 36.1. The van der Waals surface area contributed by atoms with E-state index < -0.39 is 0 Å². The Morgan fingerprint density at radius 3 is 1.49 bits per heavy atom. The summed E-state index contributed by atoms with van der Waals surface area (Å²) in [6.45, 7) is 16.4. The highest BCUT2D eigenvalue weighted by atomic mass is 35.5. The minimum atomic E-state index is -0.322. The molecule has 0 amide bonds. The van der Waals surface area contributed by atoms with Crippen molar-refractivity contribution in [2.75, 3.05) is 136 Å². The molecule has 4 aliphatic heterocycles. The molecular weight excluding hydrogens is 978 g/mol. The van der Waals surface area contributed by atoms with Crippen LogP contribution in [0.2, 0.25) is 5.02 Å². The maximum atomic E-state index is 14.3. The van der Waals surface area contributed by atoms with Crippen molar-refractivity contribution in [2.45, 2.75) is 13.8 Å². The van der Waals surface area contributed by atoms with E-state index in [2.05, 4.69) is 50.9 Å². The Kier molecular flexibility index (Phi) is 16.3. The van der Waals surface area contributed by atoms with E-state index in [4.69, 9.17) is 46.3 Å². The second kappa shape index (κ2) is 23.9. The maximum absolute atomic E-state index is 14.3. The quantitative estimate of drug-likeness (QED) is 0.148. The van der Waals surface area contributed by atoms with Crippen molar-refractivity contribution in [1.29, 1.82) is 0 Å². The minimum absolute atomic E-state index is 0.322. The van der Waals surface area contributed by atoms with Crippen molar-refractivity contribution in [1.82, 2.24) is 29.9 Å². The molecule has 4 saturated heterocycles. The fraction of sp³-hybridized carbons (Fsp3) is 0.321. The van der Waals surface area contributed by atoms with Crippen molar-refractivity contribution in [3.05, 3.63) is 138 Å². The summed E-state index contributed by atoms with van der Waals surface area (Å²) in [6, 6.07) is 20.9. The molecule has 0 atom stereocenters. The summed E-state index contributed by atoms with van der Waals surface area (Å²) in [5.74, 6) is 1.10. The number of anilines is 7. The SMILES string of the molecule is Cc1c(-c2cccnc2)nc2cc(F)ccc2c1Cl.Cc1c(-c2cccnc2)nc2cc(F)ccc2c1Nc1cc(N2CCOCC2)cnc1N1CCOCC1.Nc1cc(N2CCOCC2)cnc1N1CCOCC1. The highest BCUT2D eigenvalue weighted by Gasteiger charge is 2.23. The van der Waals surface area contributed by atoms with E-state index in [0.29, 0.717) is 42.5 Å². The Labute approximate surface area is 439 Å². The van der Waals surface area contributed by atoms with Gasteiger partial charge < -0.3 is 49.6 Å². The lowest BCUT2D eigenvalue weighted by Crippen LogP contribution is -2.38. The number of pyridine rings is 6. The van der Waals surface area contributed by atoms with Crippen molar-refractivity contribution in [2.24, 2.45) is 0 Å². The number of morpholine rings is 4. The number of nitrogen functional groups attached to an aromatic ring is 1. The van der Waals surface area contributed by atoms with Gasteiger partial charge in [0.25, 0.3) is 0 Å².